The number of rotatable bonds is 5. The van der Waals surface area contributed by atoms with Crippen molar-refractivity contribution in [2.24, 2.45) is 0 Å². The van der Waals surface area contributed by atoms with Gasteiger partial charge in [0.15, 0.2) is 0 Å². The number of nitrogens with two attached hydrogens (primary N) is 1. The maximum absolute atomic E-state index is 11.0. The summed E-state index contributed by atoms with van der Waals surface area (Å²) in [6.45, 7) is 3.84. The third-order valence-electron chi connectivity index (χ3n) is 8.03. The fraction of sp³-hybridized carbons (Fsp3) is 0.109. The number of phenols is 2. The molecule has 1 atom stereocenters. The number of anilines is 2. The zero-order chi connectivity index (χ0) is 40.9. The molecule has 0 amide bonds. The number of fused-ring (bicyclic) bond motifs is 2. The first-order valence-corrected chi connectivity index (χ1v) is 18.8. The second kappa shape index (κ2) is 22.8. The van der Waals surface area contributed by atoms with Crippen LogP contribution in [0.4, 0.5) is 11.6 Å². The quantitative estimate of drug-likeness (QED) is 0.124. The van der Waals surface area contributed by atoms with E-state index < -0.39 is 6.04 Å². The number of benzene rings is 4. The third kappa shape index (κ3) is 13.8. The molecule has 5 N–H and O–H groups in total. The van der Waals surface area contributed by atoms with Crippen molar-refractivity contribution in [2.75, 3.05) is 11.1 Å². The number of hydrogen-bond acceptors (Lipinski definition) is 9. The monoisotopic (exact) mass is 868 g/mol. The largest absolute Gasteiger partial charge is 0.506 e. The highest BCUT2D eigenvalue weighted by Crippen LogP contribution is 2.38. The zero-order valence-corrected chi connectivity index (χ0v) is 33.6. The van der Waals surface area contributed by atoms with E-state index in [1.807, 2.05) is 98.8 Å². The van der Waals surface area contributed by atoms with Crippen LogP contribution >= 0.6 is 46.4 Å². The topological polar surface area (TPSA) is 147 Å². The van der Waals surface area contributed by atoms with Crippen LogP contribution in [0.15, 0.2) is 140 Å². The lowest BCUT2D eigenvalue weighted by Crippen LogP contribution is -2.14. The van der Waals surface area contributed by atoms with Crippen molar-refractivity contribution in [1.82, 2.24) is 19.9 Å². The van der Waals surface area contributed by atoms with E-state index in [0.29, 0.717) is 60.2 Å². The highest BCUT2D eigenvalue weighted by atomic mass is 35.5. The molecular weight excluding hydrogens is 826 g/mol. The molecule has 4 aromatic carbocycles. The smallest absolute Gasteiger partial charge is 0.150 e. The minimum absolute atomic E-state index is 0. The first-order chi connectivity index (χ1) is 27.4. The van der Waals surface area contributed by atoms with Crippen LogP contribution in [-0.4, -0.2) is 36.4 Å². The second-order valence-corrected chi connectivity index (χ2v) is 14.1. The molecule has 0 saturated carbocycles. The molecule has 8 aromatic rings. The van der Waals surface area contributed by atoms with Crippen molar-refractivity contribution in [3.05, 3.63) is 188 Å². The number of aromatic nitrogens is 4. The van der Waals surface area contributed by atoms with Gasteiger partial charge in [0.2, 0.25) is 0 Å². The van der Waals surface area contributed by atoms with Gasteiger partial charge in [-0.25, -0.2) is 9.97 Å². The normalized spacial score (nSPS) is 10.5. The minimum Gasteiger partial charge on any atom is -0.506 e. The fourth-order valence-corrected chi connectivity index (χ4v) is 6.61. The maximum atomic E-state index is 11.0. The van der Waals surface area contributed by atoms with Crippen LogP contribution in [-0.2, 0) is 0 Å². The number of aromatic hydroxyl groups is 2. The Hall–Kier alpha value is -5.97. The standard InChI is InChI=1S/C22H17Cl2N3O.C9H7NO.C7H4Cl2O.C6H8N2.2CH4/c1-13-4-2-6-19(26-13)27-20(15-10-16(23)12-17(24)11-15)18-8-7-14-5-3-9-25-21(14)22(18)28;11-8-5-1-3-7-4-2-6-10-9(7)8;8-6-1-5(4-10)2-7(9)3-6;1-5-3-2-4-6(7)8-5;;/h2-12,20,28H,1H3,(H,26,27);1-6,11H;1-4H;2-4H,1H3,(H2,7,8);2*1H4. The van der Waals surface area contributed by atoms with Crippen molar-refractivity contribution >= 4 is 86.1 Å². The first-order valence-electron chi connectivity index (χ1n) is 17.3. The predicted molar refractivity (Wildman–Crippen MR) is 246 cm³/mol. The summed E-state index contributed by atoms with van der Waals surface area (Å²) in [4.78, 5) is 27.0. The molecule has 59 heavy (non-hydrogen) atoms. The summed E-state index contributed by atoms with van der Waals surface area (Å²) < 4.78 is 0. The Morgan fingerprint density at radius 3 is 1.69 bits per heavy atom. The van der Waals surface area contributed by atoms with E-state index >= 15 is 0 Å². The average molecular weight is 871 g/mol. The second-order valence-electron chi connectivity index (χ2n) is 12.4. The average Bonchev–Trinajstić information content (AvgIpc) is 3.18. The summed E-state index contributed by atoms with van der Waals surface area (Å²) >= 11 is 23.7. The number of pyridine rings is 4. The molecule has 0 spiro atoms. The Morgan fingerprint density at radius 2 is 1.15 bits per heavy atom. The molecule has 8 rings (SSSR count). The van der Waals surface area contributed by atoms with Crippen LogP contribution in [0, 0.1) is 13.8 Å². The molecule has 13 heteroatoms. The number of nitrogens with one attached hydrogen (secondary N) is 1. The fourth-order valence-electron chi connectivity index (χ4n) is 5.53. The Balaban J connectivity index is 0.000000246. The molecule has 0 aliphatic heterocycles. The molecule has 0 saturated heterocycles. The van der Waals surface area contributed by atoms with E-state index in [-0.39, 0.29) is 26.4 Å². The maximum Gasteiger partial charge on any atom is 0.150 e. The van der Waals surface area contributed by atoms with Gasteiger partial charge in [-0.3, -0.25) is 14.8 Å². The SMILES string of the molecule is C.C.Cc1cccc(N)n1.Cc1cccc(NC(c2cc(Cl)cc(Cl)c2)c2ccc3cccnc3c2O)n1.O=Cc1cc(Cl)cc(Cl)c1.Oc1cccc2cccnc12. The van der Waals surface area contributed by atoms with Gasteiger partial charge in [-0.2, -0.15) is 0 Å². The van der Waals surface area contributed by atoms with Gasteiger partial charge in [0.25, 0.3) is 0 Å². The number of carbonyl (C=O) groups is 1. The van der Waals surface area contributed by atoms with Crippen LogP contribution < -0.4 is 11.1 Å². The Morgan fingerprint density at radius 1 is 0.627 bits per heavy atom. The lowest BCUT2D eigenvalue weighted by molar-refractivity contribution is 0.112. The van der Waals surface area contributed by atoms with Gasteiger partial charge in [0.05, 0.1) is 6.04 Å². The third-order valence-corrected chi connectivity index (χ3v) is 8.90. The van der Waals surface area contributed by atoms with Gasteiger partial charge in [-0.15, -0.1) is 0 Å². The number of hydrogen-bond donors (Lipinski definition) is 4. The van der Waals surface area contributed by atoms with Gasteiger partial charge in [-0.1, -0.05) is 110 Å². The predicted octanol–water partition coefficient (Wildman–Crippen LogP) is 13.1. The van der Waals surface area contributed by atoms with E-state index in [0.717, 1.165) is 27.7 Å². The van der Waals surface area contributed by atoms with Crippen LogP contribution in [0.2, 0.25) is 20.1 Å². The molecule has 0 radical (unpaired) electrons. The highest BCUT2D eigenvalue weighted by Gasteiger charge is 2.21. The number of nitrogens with zero attached hydrogens (tertiary/aromatic N) is 4. The number of halogens is 4. The van der Waals surface area contributed by atoms with Crippen LogP contribution in [0.25, 0.3) is 21.8 Å². The Bertz CT molecular complexity index is 2570. The zero-order valence-electron chi connectivity index (χ0n) is 30.6. The van der Waals surface area contributed by atoms with Crippen molar-refractivity contribution in [3.63, 3.8) is 0 Å². The first kappa shape index (κ1) is 47.4. The number of carbonyl (C=O) groups excluding carboxylic acids is 1. The summed E-state index contributed by atoms with van der Waals surface area (Å²) in [5.74, 6) is 1.62. The van der Waals surface area contributed by atoms with E-state index in [4.69, 9.17) is 52.1 Å². The summed E-state index contributed by atoms with van der Waals surface area (Å²) in [7, 11) is 0. The number of para-hydroxylation sites is 1. The van der Waals surface area contributed by atoms with Crippen molar-refractivity contribution in [1.29, 1.82) is 0 Å². The summed E-state index contributed by atoms with van der Waals surface area (Å²) in [6.07, 6.45) is 4.03. The number of phenolic OH excluding ortho intramolecular Hbond substituents is 2. The van der Waals surface area contributed by atoms with E-state index in [1.165, 1.54) is 0 Å². The number of nitrogen functional groups attached to an aromatic ring is 1. The molecule has 1 unspecified atom stereocenters. The molecule has 304 valence electrons. The summed E-state index contributed by atoms with van der Waals surface area (Å²) in [5.41, 5.74) is 10.4. The lowest BCUT2D eigenvalue weighted by Gasteiger charge is -2.22. The van der Waals surface area contributed by atoms with Gasteiger partial charge in [0.1, 0.15) is 40.5 Å². The summed E-state index contributed by atoms with van der Waals surface area (Å²) in [5, 5.41) is 27.5. The molecule has 0 bridgehead atoms. The minimum atomic E-state index is -0.420. The molecule has 4 heterocycles. The summed E-state index contributed by atoms with van der Waals surface area (Å²) in [6, 6.07) is 37.6. The Labute approximate surface area is 364 Å². The molecule has 0 aliphatic rings. The molecular formula is C46H44Cl4N6O3. The lowest BCUT2D eigenvalue weighted by atomic mass is 9.96. The number of aryl methyl sites for hydroxylation is 2. The number of aldehydes is 1. The van der Waals surface area contributed by atoms with Gasteiger partial charge in [0, 0.05) is 65.8 Å². The van der Waals surface area contributed by atoms with Gasteiger partial charge < -0.3 is 21.3 Å². The van der Waals surface area contributed by atoms with Crippen LogP contribution in [0.3, 0.4) is 0 Å². The van der Waals surface area contributed by atoms with E-state index in [1.54, 1.807) is 54.9 Å². The van der Waals surface area contributed by atoms with Crippen molar-refractivity contribution < 1.29 is 15.0 Å². The van der Waals surface area contributed by atoms with Crippen molar-refractivity contribution in [2.45, 2.75) is 34.7 Å². The van der Waals surface area contributed by atoms with Crippen LogP contribution in [0.5, 0.6) is 11.5 Å². The Kier molecular flexibility index (Phi) is 18.3. The van der Waals surface area contributed by atoms with Crippen molar-refractivity contribution in [3.8, 4) is 11.5 Å². The van der Waals surface area contributed by atoms with E-state index in [9.17, 15) is 15.0 Å². The van der Waals surface area contributed by atoms with Crippen LogP contribution in [0.1, 0.15) is 53.8 Å². The molecule has 0 fully saturated rings. The molecule has 4 aromatic heterocycles. The van der Waals surface area contributed by atoms with Gasteiger partial charge >= 0.3 is 0 Å². The highest BCUT2D eigenvalue weighted by molar-refractivity contribution is 6.35. The molecule has 0 aliphatic carbocycles. The molecule has 9 nitrogen and oxygen atoms in total. The van der Waals surface area contributed by atoms with E-state index in [2.05, 4.69) is 25.3 Å². The van der Waals surface area contributed by atoms with Gasteiger partial charge in [-0.05, 0) is 98.3 Å².